The van der Waals surface area contributed by atoms with Gasteiger partial charge in [0.25, 0.3) is 0 Å². The fourth-order valence-corrected chi connectivity index (χ4v) is 3.11. The quantitative estimate of drug-likeness (QED) is 0.873. The summed E-state index contributed by atoms with van der Waals surface area (Å²) >= 11 is 0. The Morgan fingerprint density at radius 3 is 2.21 bits per heavy atom. The van der Waals surface area contributed by atoms with E-state index in [0.717, 1.165) is 6.42 Å². The van der Waals surface area contributed by atoms with Crippen molar-refractivity contribution in [3.63, 3.8) is 0 Å². The maximum absolute atomic E-state index is 12.0. The predicted octanol–water partition coefficient (Wildman–Crippen LogP) is 2.94. The van der Waals surface area contributed by atoms with Crippen molar-refractivity contribution in [1.82, 2.24) is 5.32 Å². The lowest BCUT2D eigenvalue weighted by atomic mass is 10.0. The van der Waals surface area contributed by atoms with Gasteiger partial charge in [-0.2, -0.15) is 0 Å². The van der Waals surface area contributed by atoms with E-state index in [1.807, 2.05) is 25.2 Å². The number of benzene rings is 1. The largest absolute Gasteiger partial charge is 0.313 e. The SMILES string of the molecule is CNC(CCCS(=O)(=O)C(C)(C)C)c1ccccc1. The molecule has 3 nitrogen and oxygen atoms in total. The van der Waals surface area contributed by atoms with Crippen LogP contribution in [0.4, 0.5) is 0 Å². The molecule has 0 aliphatic carbocycles. The monoisotopic (exact) mass is 283 g/mol. The molecule has 1 atom stereocenters. The Morgan fingerprint density at radius 1 is 1.16 bits per heavy atom. The molecule has 19 heavy (non-hydrogen) atoms. The molecule has 0 saturated heterocycles. The van der Waals surface area contributed by atoms with Crippen LogP contribution < -0.4 is 5.32 Å². The molecule has 0 bridgehead atoms. The van der Waals surface area contributed by atoms with E-state index >= 15 is 0 Å². The minimum absolute atomic E-state index is 0.219. The number of nitrogens with one attached hydrogen (secondary N) is 1. The minimum atomic E-state index is -3.01. The zero-order valence-electron chi connectivity index (χ0n) is 12.3. The molecule has 0 radical (unpaired) electrons. The van der Waals surface area contributed by atoms with E-state index in [1.165, 1.54) is 5.56 Å². The topological polar surface area (TPSA) is 46.2 Å². The van der Waals surface area contributed by atoms with Crippen molar-refractivity contribution in [2.75, 3.05) is 12.8 Å². The normalized spacial score (nSPS) is 14.3. The lowest BCUT2D eigenvalue weighted by Gasteiger charge is -2.21. The molecule has 0 saturated carbocycles. The molecule has 108 valence electrons. The molecule has 1 rings (SSSR count). The fourth-order valence-electron chi connectivity index (χ4n) is 1.95. The molecule has 1 unspecified atom stereocenters. The van der Waals surface area contributed by atoms with Crippen molar-refractivity contribution in [2.24, 2.45) is 0 Å². The van der Waals surface area contributed by atoms with Crippen molar-refractivity contribution >= 4 is 9.84 Å². The average Bonchev–Trinajstić information content (AvgIpc) is 2.34. The van der Waals surface area contributed by atoms with Gasteiger partial charge in [-0.3, -0.25) is 0 Å². The molecule has 0 aliphatic heterocycles. The molecule has 4 heteroatoms. The van der Waals surface area contributed by atoms with Crippen LogP contribution in [-0.2, 0) is 9.84 Å². The third kappa shape index (κ3) is 4.62. The van der Waals surface area contributed by atoms with Gasteiger partial charge in [0.05, 0.1) is 10.5 Å². The van der Waals surface area contributed by atoms with E-state index in [2.05, 4.69) is 17.4 Å². The van der Waals surface area contributed by atoms with Crippen LogP contribution in [0.2, 0.25) is 0 Å². The highest BCUT2D eigenvalue weighted by Crippen LogP contribution is 2.21. The molecule has 0 aliphatic rings. The first kappa shape index (κ1) is 16.2. The third-order valence-electron chi connectivity index (χ3n) is 3.39. The van der Waals surface area contributed by atoms with E-state index in [-0.39, 0.29) is 11.8 Å². The molecule has 0 heterocycles. The Balaban J connectivity index is 2.57. The highest BCUT2D eigenvalue weighted by atomic mass is 32.2. The van der Waals surface area contributed by atoms with Crippen LogP contribution in [0.15, 0.2) is 30.3 Å². The molecular weight excluding hydrogens is 258 g/mol. The fraction of sp³-hybridized carbons (Fsp3) is 0.600. The molecule has 1 aromatic rings. The lowest BCUT2D eigenvalue weighted by Crippen LogP contribution is -2.30. The second-order valence-corrected chi connectivity index (χ2v) is 8.69. The average molecular weight is 283 g/mol. The molecule has 0 amide bonds. The second kappa shape index (κ2) is 6.53. The Kier molecular flexibility index (Phi) is 5.56. The summed E-state index contributed by atoms with van der Waals surface area (Å²) in [5.41, 5.74) is 1.21. The lowest BCUT2D eigenvalue weighted by molar-refractivity contribution is 0.526. The minimum Gasteiger partial charge on any atom is -0.313 e. The predicted molar refractivity (Wildman–Crippen MR) is 81.0 cm³/mol. The summed E-state index contributed by atoms with van der Waals surface area (Å²) < 4.78 is 23.4. The van der Waals surface area contributed by atoms with Crippen molar-refractivity contribution < 1.29 is 8.42 Å². The van der Waals surface area contributed by atoms with Crippen molar-refractivity contribution in [1.29, 1.82) is 0 Å². The number of hydrogen-bond donors (Lipinski definition) is 1. The Labute approximate surface area is 117 Å². The molecule has 0 fully saturated rings. The maximum atomic E-state index is 12.0. The smallest absolute Gasteiger partial charge is 0.155 e. The first-order valence-electron chi connectivity index (χ1n) is 6.72. The van der Waals surface area contributed by atoms with Crippen LogP contribution >= 0.6 is 0 Å². The van der Waals surface area contributed by atoms with E-state index < -0.39 is 14.6 Å². The van der Waals surface area contributed by atoms with Gasteiger partial charge in [0.15, 0.2) is 9.84 Å². The first-order chi connectivity index (χ1) is 8.78. The summed E-state index contributed by atoms with van der Waals surface area (Å²) in [5, 5.41) is 3.25. The van der Waals surface area contributed by atoms with E-state index in [0.29, 0.717) is 6.42 Å². The zero-order chi connectivity index (χ0) is 14.5. The zero-order valence-corrected chi connectivity index (χ0v) is 13.1. The van der Waals surface area contributed by atoms with Gasteiger partial charge in [-0.05, 0) is 46.2 Å². The third-order valence-corrected chi connectivity index (χ3v) is 6.08. The van der Waals surface area contributed by atoms with Crippen molar-refractivity contribution in [2.45, 2.75) is 44.4 Å². The Bertz CT molecular complexity index is 475. The van der Waals surface area contributed by atoms with E-state index in [1.54, 1.807) is 20.8 Å². The standard InChI is InChI=1S/C15H25NO2S/c1-15(2,3)19(17,18)12-8-11-14(16-4)13-9-6-5-7-10-13/h5-7,9-10,14,16H,8,11-12H2,1-4H3. The Morgan fingerprint density at radius 2 is 1.74 bits per heavy atom. The summed E-state index contributed by atoms with van der Waals surface area (Å²) in [5.74, 6) is 0.252. The van der Waals surface area contributed by atoms with Crippen molar-refractivity contribution in [3.05, 3.63) is 35.9 Å². The number of rotatable bonds is 6. The van der Waals surface area contributed by atoms with Crippen LogP contribution in [0.5, 0.6) is 0 Å². The van der Waals surface area contributed by atoms with Gasteiger partial charge in [0.1, 0.15) is 0 Å². The summed E-state index contributed by atoms with van der Waals surface area (Å²) in [6.07, 6.45) is 1.51. The van der Waals surface area contributed by atoms with Crippen LogP contribution in [0, 0.1) is 0 Å². The van der Waals surface area contributed by atoms with Crippen LogP contribution in [0.1, 0.15) is 45.2 Å². The van der Waals surface area contributed by atoms with Gasteiger partial charge in [-0.15, -0.1) is 0 Å². The summed E-state index contributed by atoms with van der Waals surface area (Å²) in [4.78, 5) is 0. The van der Waals surface area contributed by atoms with Gasteiger partial charge in [-0.25, -0.2) is 8.42 Å². The van der Waals surface area contributed by atoms with Crippen LogP contribution in [-0.4, -0.2) is 26.0 Å². The first-order valence-corrected chi connectivity index (χ1v) is 8.37. The van der Waals surface area contributed by atoms with Gasteiger partial charge in [0.2, 0.25) is 0 Å². The Hall–Kier alpha value is -0.870. The summed E-state index contributed by atoms with van der Waals surface area (Å²) in [6.45, 7) is 5.28. The van der Waals surface area contributed by atoms with Gasteiger partial charge in [0, 0.05) is 6.04 Å². The number of sulfone groups is 1. The summed E-state index contributed by atoms with van der Waals surface area (Å²) in [6, 6.07) is 10.4. The van der Waals surface area contributed by atoms with E-state index in [9.17, 15) is 8.42 Å². The summed E-state index contributed by atoms with van der Waals surface area (Å²) in [7, 11) is -1.10. The van der Waals surface area contributed by atoms with Crippen LogP contribution in [0.25, 0.3) is 0 Å². The van der Waals surface area contributed by atoms with Gasteiger partial charge in [-0.1, -0.05) is 30.3 Å². The highest BCUT2D eigenvalue weighted by molar-refractivity contribution is 7.92. The maximum Gasteiger partial charge on any atom is 0.155 e. The highest BCUT2D eigenvalue weighted by Gasteiger charge is 2.28. The van der Waals surface area contributed by atoms with Gasteiger partial charge >= 0.3 is 0 Å². The second-order valence-electron chi connectivity index (χ2n) is 5.83. The molecule has 1 N–H and O–H groups in total. The van der Waals surface area contributed by atoms with Crippen molar-refractivity contribution in [3.8, 4) is 0 Å². The molecule has 0 spiro atoms. The molecule has 0 aromatic heterocycles. The molecular formula is C15H25NO2S. The van der Waals surface area contributed by atoms with E-state index in [4.69, 9.17) is 0 Å². The van der Waals surface area contributed by atoms with Gasteiger partial charge < -0.3 is 5.32 Å². The van der Waals surface area contributed by atoms with Crippen LogP contribution in [0.3, 0.4) is 0 Å². The molecule has 1 aromatic carbocycles. The number of hydrogen-bond acceptors (Lipinski definition) is 3.